The van der Waals surface area contributed by atoms with Gasteiger partial charge in [-0.05, 0) is 17.4 Å². The Kier molecular flexibility index (Phi) is 2.28. The Morgan fingerprint density at radius 1 is 1.08 bits per heavy atom. The Hall–Kier alpha value is -1.34. The van der Waals surface area contributed by atoms with Crippen LogP contribution in [0.1, 0.15) is 0 Å². The molecular formula is C9H8N3P. The first-order chi connectivity index (χ1) is 6.38. The van der Waals surface area contributed by atoms with E-state index in [-0.39, 0.29) is 0 Å². The summed E-state index contributed by atoms with van der Waals surface area (Å²) in [6, 6.07) is 5.79. The molecule has 0 N–H and O–H groups in total. The maximum Gasteiger partial charge on any atom is 0.0790 e. The molecule has 64 valence electrons. The van der Waals surface area contributed by atoms with Gasteiger partial charge in [0, 0.05) is 11.8 Å². The van der Waals surface area contributed by atoms with Gasteiger partial charge in [-0.15, -0.1) is 9.24 Å². The third-order valence-electron chi connectivity index (χ3n) is 1.70. The van der Waals surface area contributed by atoms with Crippen LogP contribution in [-0.2, 0) is 0 Å². The molecule has 0 spiro atoms. The zero-order chi connectivity index (χ0) is 9.10. The highest BCUT2D eigenvalue weighted by Gasteiger charge is 2.01. The highest BCUT2D eigenvalue weighted by atomic mass is 31.0. The first-order valence-electron chi connectivity index (χ1n) is 3.85. The van der Waals surface area contributed by atoms with Gasteiger partial charge in [0.05, 0.1) is 18.1 Å². The minimum Gasteiger partial charge on any atom is -0.256 e. The normalized spacial score (nSPS) is 9.92. The van der Waals surface area contributed by atoms with Crippen LogP contribution in [0.5, 0.6) is 0 Å². The van der Waals surface area contributed by atoms with Crippen LogP contribution in [0.15, 0.2) is 36.8 Å². The van der Waals surface area contributed by atoms with E-state index in [9.17, 15) is 0 Å². The lowest BCUT2D eigenvalue weighted by molar-refractivity contribution is 1.03. The molecule has 0 bridgehead atoms. The van der Waals surface area contributed by atoms with Crippen LogP contribution in [0.25, 0.3) is 11.3 Å². The van der Waals surface area contributed by atoms with Crippen molar-refractivity contribution in [2.24, 2.45) is 0 Å². The van der Waals surface area contributed by atoms with E-state index in [4.69, 9.17) is 0 Å². The molecule has 0 aliphatic heterocycles. The van der Waals surface area contributed by atoms with Gasteiger partial charge >= 0.3 is 0 Å². The van der Waals surface area contributed by atoms with Crippen LogP contribution < -0.4 is 5.30 Å². The van der Waals surface area contributed by atoms with Gasteiger partial charge in [0.2, 0.25) is 0 Å². The summed E-state index contributed by atoms with van der Waals surface area (Å²) in [5.41, 5.74) is 1.92. The molecule has 0 aliphatic rings. The molecule has 0 aliphatic carbocycles. The van der Waals surface area contributed by atoms with E-state index in [1.807, 2.05) is 18.2 Å². The molecular weight excluding hydrogens is 181 g/mol. The van der Waals surface area contributed by atoms with Gasteiger partial charge in [0.1, 0.15) is 0 Å². The van der Waals surface area contributed by atoms with E-state index < -0.39 is 0 Å². The number of hydrogen-bond acceptors (Lipinski definition) is 3. The Labute approximate surface area is 78.4 Å². The Bertz CT molecular complexity index is 403. The Morgan fingerprint density at radius 2 is 2.00 bits per heavy atom. The Morgan fingerprint density at radius 3 is 2.69 bits per heavy atom. The number of hydrogen-bond donors (Lipinski definition) is 0. The molecule has 0 saturated carbocycles. The molecule has 3 nitrogen and oxygen atoms in total. The maximum absolute atomic E-state index is 4.26. The second kappa shape index (κ2) is 3.58. The fourth-order valence-corrected chi connectivity index (χ4v) is 1.44. The van der Waals surface area contributed by atoms with Crippen molar-refractivity contribution in [3.05, 3.63) is 36.8 Å². The zero-order valence-corrected chi connectivity index (χ0v) is 8.04. The van der Waals surface area contributed by atoms with Gasteiger partial charge in [0.25, 0.3) is 0 Å². The van der Waals surface area contributed by atoms with E-state index in [0.29, 0.717) is 0 Å². The summed E-state index contributed by atoms with van der Waals surface area (Å²) < 4.78 is 0. The first-order valence-corrected chi connectivity index (χ1v) is 4.43. The second-order valence-electron chi connectivity index (χ2n) is 2.57. The molecule has 1 atom stereocenters. The third kappa shape index (κ3) is 1.70. The van der Waals surface area contributed by atoms with Crippen molar-refractivity contribution in [3.63, 3.8) is 0 Å². The predicted molar refractivity (Wildman–Crippen MR) is 54.6 cm³/mol. The monoisotopic (exact) mass is 189 g/mol. The van der Waals surface area contributed by atoms with Gasteiger partial charge in [-0.2, -0.15) is 10.2 Å². The molecule has 0 radical (unpaired) electrons. The lowest BCUT2D eigenvalue weighted by atomic mass is 10.2. The van der Waals surface area contributed by atoms with Gasteiger partial charge < -0.3 is 0 Å². The quantitative estimate of drug-likeness (QED) is 0.629. The summed E-state index contributed by atoms with van der Waals surface area (Å²) in [4.78, 5) is 4.26. The molecule has 0 amide bonds. The standard InChI is InChI=1S/C9H8N3P/c13-8-2-1-4-10-9(8)7-3-5-11-12-6-7/h1-6H,13H2. The van der Waals surface area contributed by atoms with Crippen LogP contribution in [0.2, 0.25) is 0 Å². The summed E-state index contributed by atoms with van der Waals surface area (Å²) >= 11 is 0. The van der Waals surface area contributed by atoms with Crippen LogP contribution in [0.4, 0.5) is 0 Å². The summed E-state index contributed by atoms with van der Waals surface area (Å²) in [5, 5.41) is 8.58. The van der Waals surface area contributed by atoms with E-state index in [0.717, 1.165) is 16.6 Å². The molecule has 2 aromatic rings. The van der Waals surface area contributed by atoms with Gasteiger partial charge in [-0.1, -0.05) is 6.07 Å². The number of rotatable bonds is 1. The summed E-state index contributed by atoms with van der Waals surface area (Å²) in [7, 11) is 2.65. The van der Waals surface area contributed by atoms with Crippen LogP contribution >= 0.6 is 9.24 Å². The summed E-state index contributed by atoms with van der Waals surface area (Å²) in [6.07, 6.45) is 5.13. The molecule has 0 aromatic carbocycles. The molecule has 4 heteroatoms. The maximum atomic E-state index is 4.26. The van der Waals surface area contributed by atoms with Crippen molar-refractivity contribution in [2.45, 2.75) is 0 Å². The lowest BCUT2D eigenvalue weighted by Gasteiger charge is -2.01. The largest absolute Gasteiger partial charge is 0.256 e. The molecule has 0 saturated heterocycles. The highest BCUT2D eigenvalue weighted by molar-refractivity contribution is 7.27. The van der Waals surface area contributed by atoms with Crippen LogP contribution in [-0.4, -0.2) is 15.2 Å². The van der Waals surface area contributed by atoms with E-state index >= 15 is 0 Å². The molecule has 2 heterocycles. The topological polar surface area (TPSA) is 38.7 Å². The third-order valence-corrected chi connectivity index (χ3v) is 2.16. The second-order valence-corrected chi connectivity index (χ2v) is 3.19. The van der Waals surface area contributed by atoms with Crippen molar-refractivity contribution < 1.29 is 0 Å². The Balaban J connectivity index is 2.54. The van der Waals surface area contributed by atoms with Crippen molar-refractivity contribution in [3.8, 4) is 11.3 Å². The van der Waals surface area contributed by atoms with Crippen molar-refractivity contribution in [1.29, 1.82) is 0 Å². The minimum absolute atomic E-state index is 0.933. The average Bonchev–Trinajstić information content (AvgIpc) is 2.20. The molecule has 1 unspecified atom stereocenters. The first kappa shape index (κ1) is 8.27. The summed E-state index contributed by atoms with van der Waals surface area (Å²) in [5.74, 6) is 0. The van der Waals surface area contributed by atoms with E-state index in [1.165, 1.54) is 0 Å². The average molecular weight is 189 g/mol. The van der Waals surface area contributed by atoms with Crippen molar-refractivity contribution in [2.75, 3.05) is 0 Å². The predicted octanol–water partition coefficient (Wildman–Crippen LogP) is 1.04. The van der Waals surface area contributed by atoms with Gasteiger partial charge in [-0.3, -0.25) is 4.98 Å². The van der Waals surface area contributed by atoms with Crippen molar-refractivity contribution in [1.82, 2.24) is 15.2 Å². The summed E-state index contributed by atoms with van der Waals surface area (Å²) in [6.45, 7) is 0. The fourth-order valence-electron chi connectivity index (χ4n) is 1.09. The number of aromatic nitrogens is 3. The van der Waals surface area contributed by atoms with Gasteiger partial charge in [0.15, 0.2) is 0 Å². The smallest absolute Gasteiger partial charge is 0.0790 e. The SMILES string of the molecule is Pc1cccnc1-c1ccnnc1. The van der Waals surface area contributed by atoms with E-state index in [1.54, 1.807) is 18.6 Å². The molecule has 2 aromatic heterocycles. The number of pyridine rings is 1. The molecule has 13 heavy (non-hydrogen) atoms. The molecule has 0 fully saturated rings. The van der Waals surface area contributed by atoms with Crippen molar-refractivity contribution >= 4 is 14.5 Å². The minimum atomic E-state index is 0.933. The van der Waals surface area contributed by atoms with Crippen LogP contribution in [0.3, 0.4) is 0 Å². The fraction of sp³-hybridized carbons (Fsp3) is 0. The molecule has 2 rings (SSSR count). The lowest BCUT2D eigenvalue weighted by Crippen LogP contribution is -1.99. The highest BCUT2D eigenvalue weighted by Crippen LogP contribution is 2.13. The zero-order valence-electron chi connectivity index (χ0n) is 6.88. The number of nitrogens with zero attached hydrogens (tertiary/aromatic N) is 3. The van der Waals surface area contributed by atoms with Gasteiger partial charge in [-0.25, -0.2) is 0 Å². The van der Waals surface area contributed by atoms with E-state index in [2.05, 4.69) is 24.4 Å². The van der Waals surface area contributed by atoms with Crippen LogP contribution in [0, 0.1) is 0 Å².